The van der Waals surface area contributed by atoms with Crippen LogP contribution < -0.4 is 5.30 Å². The molecule has 0 aliphatic carbocycles. The van der Waals surface area contributed by atoms with Crippen LogP contribution in [0.4, 0.5) is 0 Å². The molecule has 0 aromatic heterocycles. The van der Waals surface area contributed by atoms with Crippen LogP contribution in [0.25, 0.3) is 0 Å². The van der Waals surface area contributed by atoms with E-state index >= 15 is 0 Å². The highest BCUT2D eigenvalue weighted by Crippen LogP contribution is 2.56. The van der Waals surface area contributed by atoms with Gasteiger partial charge in [0.25, 0.3) is 16.0 Å². The molecular formula is C6H5Cl2O4PS. The topological polar surface area (TPSA) is 71.4 Å². The van der Waals surface area contributed by atoms with Crippen molar-refractivity contribution >= 4 is 43.8 Å². The van der Waals surface area contributed by atoms with Gasteiger partial charge in [-0.2, -0.15) is 8.42 Å². The molecule has 0 heterocycles. The summed E-state index contributed by atoms with van der Waals surface area (Å²) in [4.78, 5) is -0.534. The Balaban J connectivity index is 3.55. The lowest BCUT2D eigenvalue weighted by atomic mass is 10.4. The van der Waals surface area contributed by atoms with Crippen LogP contribution in [0.2, 0.25) is 0 Å². The third-order valence-corrected chi connectivity index (χ3v) is 4.53. The number of hydrogen-bond acceptors (Lipinski definition) is 3. The summed E-state index contributed by atoms with van der Waals surface area (Å²) >= 11 is 10.6. The van der Waals surface area contributed by atoms with Gasteiger partial charge in [-0.25, -0.2) is 0 Å². The summed E-state index contributed by atoms with van der Waals surface area (Å²) in [6.45, 7) is 0. The van der Waals surface area contributed by atoms with E-state index in [1.807, 2.05) is 0 Å². The summed E-state index contributed by atoms with van der Waals surface area (Å²) in [5, 5.41) is -0.286. The maximum absolute atomic E-state index is 11.2. The van der Waals surface area contributed by atoms with Gasteiger partial charge in [0.15, 0.2) is 0 Å². The predicted molar refractivity (Wildman–Crippen MR) is 55.2 cm³/mol. The number of benzene rings is 1. The van der Waals surface area contributed by atoms with E-state index in [2.05, 4.69) is 0 Å². The number of rotatable bonds is 2. The van der Waals surface area contributed by atoms with E-state index in [9.17, 15) is 13.0 Å². The van der Waals surface area contributed by atoms with Gasteiger partial charge >= 0.3 is 0 Å². The van der Waals surface area contributed by atoms with Gasteiger partial charge in [0.05, 0.1) is 5.30 Å². The SMILES string of the molecule is O=P(Cl)(Cl)c1ccccc1S(=O)(=O)O. The molecule has 8 heteroatoms. The van der Waals surface area contributed by atoms with E-state index in [0.717, 1.165) is 6.07 Å². The van der Waals surface area contributed by atoms with Crippen molar-refractivity contribution in [3.8, 4) is 0 Å². The number of hydrogen-bond donors (Lipinski definition) is 1. The first-order valence-electron chi connectivity index (χ1n) is 3.29. The van der Waals surface area contributed by atoms with E-state index in [-0.39, 0.29) is 5.30 Å². The standard InChI is InChI=1S/C6H5Cl2O4PS/c7-13(8,9)5-3-1-2-4-6(5)14(10,11)12/h1-4H,(H,10,11,12). The molecule has 0 atom stereocenters. The average molecular weight is 275 g/mol. The largest absolute Gasteiger partial charge is 0.295 e. The molecule has 1 N–H and O–H groups in total. The number of halogens is 2. The van der Waals surface area contributed by atoms with Crippen LogP contribution in [0.1, 0.15) is 0 Å². The van der Waals surface area contributed by atoms with Gasteiger partial charge in [-0.1, -0.05) is 12.1 Å². The van der Waals surface area contributed by atoms with E-state index in [1.54, 1.807) is 0 Å². The molecule has 1 aromatic rings. The third-order valence-electron chi connectivity index (χ3n) is 1.42. The lowest BCUT2D eigenvalue weighted by Crippen LogP contribution is -2.11. The van der Waals surface area contributed by atoms with Gasteiger partial charge in [-0.15, -0.1) is 0 Å². The third kappa shape index (κ3) is 2.72. The Labute approximate surface area is 90.5 Å². The van der Waals surface area contributed by atoms with Gasteiger partial charge in [0.1, 0.15) is 4.90 Å². The average Bonchev–Trinajstić information content (AvgIpc) is 2.01. The van der Waals surface area contributed by atoms with E-state index in [4.69, 9.17) is 27.0 Å². The summed E-state index contributed by atoms with van der Waals surface area (Å²) in [6, 6.07) is 5.03. The molecule has 0 spiro atoms. The Morgan fingerprint density at radius 3 is 2.07 bits per heavy atom. The molecular weight excluding hydrogens is 270 g/mol. The summed E-state index contributed by atoms with van der Waals surface area (Å²) in [5.41, 5.74) is 0. The fourth-order valence-electron chi connectivity index (χ4n) is 0.890. The first-order chi connectivity index (χ1) is 6.23. The van der Waals surface area contributed by atoms with E-state index in [1.165, 1.54) is 18.2 Å². The molecule has 0 radical (unpaired) electrons. The van der Waals surface area contributed by atoms with Crippen molar-refractivity contribution in [2.75, 3.05) is 0 Å². The van der Waals surface area contributed by atoms with Crippen molar-refractivity contribution < 1.29 is 17.5 Å². The predicted octanol–water partition coefficient (Wildman–Crippen LogP) is 2.23. The smallest absolute Gasteiger partial charge is 0.284 e. The van der Waals surface area contributed by atoms with E-state index in [0.29, 0.717) is 0 Å². The van der Waals surface area contributed by atoms with Crippen LogP contribution in [0.15, 0.2) is 29.2 Å². The lowest BCUT2D eigenvalue weighted by molar-refractivity contribution is 0.483. The highest BCUT2D eigenvalue weighted by molar-refractivity contribution is 8.13. The quantitative estimate of drug-likeness (QED) is 0.663. The second-order valence-electron chi connectivity index (χ2n) is 2.41. The van der Waals surface area contributed by atoms with Crippen LogP contribution in [-0.4, -0.2) is 13.0 Å². The fourth-order valence-corrected chi connectivity index (χ4v) is 3.98. The Hall–Kier alpha value is -0.0600. The second-order valence-corrected chi connectivity index (χ2v) is 8.58. The van der Waals surface area contributed by atoms with Gasteiger partial charge in [0.2, 0.25) is 0 Å². The van der Waals surface area contributed by atoms with Crippen molar-refractivity contribution in [1.29, 1.82) is 0 Å². The lowest BCUT2D eigenvalue weighted by Gasteiger charge is -2.06. The maximum Gasteiger partial charge on any atom is 0.295 e. The Morgan fingerprint density at radius 1 is 1.21 bits per heavy atom. The molecule has 0 unspecified atom stereocenters. The fraction of sp³-hybridized carbons (Fsp3) is 0. The summed E-state index contributed by atoms with van der Waals surface area (Å²) in [6.07, 6.45) is 0. The van der Waals surface area contributed by atoms with Crippen molar-refractivity contribution in [3.63, 3.8) is 0 Å². The Bertz CT molecular complexity index is 492. The molecule has 0 fully saturated rings. The summed E-state index contributed by atoms with van der Waals surface area (Å²) in [5.74, 6) is -3.75. The van der Waals surface area contributed by atoms with Gasteiger partial charge in [-0.3, -0.25) is 9.12 Å². The minimum absolute atomic E-state index is 0.286. The first-order valence-corrected chi connectivity index (χ1v) is 8.25. The molecule has 4 nitrogen and oxygen atoms in total. The van der Waals surface area contributed by atoms with Crippen LogP contribution >= 0.6 is 28.3 Å². The minimum atomic E-state index is -4.46. The molecule has 14 heavy (non-hydrogen) atoms. The second kappa shape index (κ2) is 3.83. The molecule has 0 aliphatic rings. The van der Waals surface area contributed by atoms with E-state index < -0.39 is 20.9 Å². The monoisotopic (exact) mass is 274 g/mol. The summed E-state index contributed by atoms with van der Waals surface area (Å²) < 4.78 is 41.6. The maximum atomic E-state index is 11.2. The van der Waals surface area contributed by atoms with Crippen LogP contribution in [0, 0.1) is 0 Å². The zero-order valence-corrected chi connectivity index (χ0v) is 9.82. The molecule has 0 amide bonds. The van der Waals surface area contributed by atoms with Crippen LogP contribution in [-0.2, 0) is 14.7 Å². The molecule has 1 rings (SSSR count). The molecule has 1 aromatic carbocycles. The van der Waals surface area contributed by atoms with Crippen molar-refractivity contribution in [1.82, 2.24) is 0 Å². The molecule has 78 valence electrons. The van der Waals surface area contributed by atoms with Crippen molar-refractivity contribution in [3.05, 3.63) is 24.3 Å². The molecule has 0 saturated heterocycles. The molecule has 0 aliphatic heterocycles. The first kappa shape index (κ1) is 12.0. The Kier molecular flexibility index (Phi) is 3.29. The zero-order chi connectivity index (χ0) is 11.0. The zero-order valence-electron chi connectivity index (χ0n) is 6.59. The highest BCUT2D eigenvalue weighted by Gasteiger charge is 2.26. The van der Waals surface area contributed by atoms with Crippen molar-refractivity contribution in [2.45, 2.75) is 4.90 Å². The normalized spacial score (nSPS) is 12.8. The molecule has 0 saturated carbocycles. The van der Waals surface area contributed by atoms with Crippen LogP contribution in [0.3, 0.4) is 0 Å². The Morgan fingerprint density at radius 2 is 1.71 bits per heavy atom. The highest BCUT2D eigenvalue weighted by atomic mass is 35.9. The van der Waals surface area contributed by atoms with Crippen molar-refractivity contribution in [2.24, 2.45) is 0 Å². The molecule has 0 bridgehead atoms. The van der Waals surface area contributed by atoms with Gasteiger partial charge < -0.3 is 0 Å². The minimum Gasteiger partial charge on any atom is -0.284 e. The summed E-state index contributed by atoms with van der Waals surface area (Å²) in [7, 11) is -4.46. The van der Waals surface area contributed by atoms with Crippen LogP contribution in [0.5, 0.6) is 0 Å². The van der Waals surface area contributed by atoms with Gasteiger partial charge in [-0.05, 0) is 34.6 Å². The van der Waals surface area contributed by atoms with Gasteiger partial charge in [0, 0.05) is 0 Å².